The number of phosphoric acid groups is 1. The van der Waals surface area contributed by atoms with E-state index < -0.39 is 32.5 Å². The normalized spacial score (nSPS) is 14.3. The summed E-state index contributed by atoms with van der Waals surface area (Å²) in [5, 5.41) is 0. The number of unbranched alkanes of at least 4 members (excludes halogenated alkanes) is 13. The molecule has 0 aliphatic heterocycles. The molecule has 0 aliphatic carbocycles. The van der Waals surface area contributed by atoms with Crippen molar-refractivity contribution in [2.45, 2.75) is 161 Å². The standard InChI is InChI=1S/C44H78NO8P/c1-6-8-10-12-14-16-18-20-21-22-23-25-26-28-30-32-34-36-43(46)50-40-42(41-52-54(48,49)51-39-38-45(3,4)5)53-44(47)37-35-33-31-29-27-24-19-17-15-13-11-9-7-2/h14,16,20-21,23-25,27-28,30,42H,6-13,15,17-19,22,26,29,31-41H2,1-5H3/b16-14+,21-20+,25-23+,27-24+,30-28+/t42-/m1/s1. The zero-order valence-corrected chi connectivity index (χ0v) is 35.8. The van der Waals surface area contributed by atoms with E-state index in [1.807, 2.05) is 27.2 Å². The quantitative estimate of drug-likeness (QED) is 0.0201. The van der Waals surface area contributed by atoms with Gasteiger partial charge in [-0.05, 0) is 77.0 Å². The van der Waals surface area contributed by atoms with Gasteiger partial charge in [-0.1, -0.05) is 126 Å². The summed E-state index contributed by atoms with van der Waals surface area (Å²) in [5.41, 5.74) is 0. The number of carbonyl (C=O) groups is 2. The van der Waals surface area contributed by atoms with Crippen LogP contribution in [-0.2, 0) is 32.7 Å². The third-order valence-corrected chi connectivity index (χ3v) is 9.47. The molecule has 54 heavy (non-hydrogen) atoms. The Kier molecular flexibility index (Phi) is 34.8. The SMILES string of the molecule is CCCCC/C=C/C/C=C/C/C=C/C/C=C/CCCC(=O)OC[C@H](COP(=O)([O-])OCC[N+](C)(C)C)OC(=O)CCCCC/C=C/CCCCCCCC. The van der Waals surface area contributed by atoms with Crippen LogP contribution in [0.25, 0.3) is 0 Å². The maximum Gasteiger partial charge on any atom is 0.306 e. The van der Waals surface area contributed by atoms with Crippen molar-refractivity contribution in [3.05, 3.63) is 60.8 Å². The molecule has 0 fully saturated rings. The molecule has 2 atom stereocenters. The molecule has 0 aromatic carbocycles. The van der Waals surface area contributed by atoms with Crippen LogP contribution in [0.15, 0.2) is 60.8 Å². The summed E-state index contributed by atoms with van der Waals surface area (Å²) in [6.07, 6.45) is 42.5. The van der Waals surface area contributed by atoms with Gasteiger partial charge < -0.3 is 27.9 Å². The number of hydrogen-bond acceptors (Lipinski definition) is 8. The lowest BCUT2D eigenvalue weighted by Gasteiger charge is -2.28. The molecule has 0 bridgehead atoms. The molecule has 0 rings (SSSR count). The number of carbonyl (C=O) groups excluding carboxylic acids is 2. The highest BCUT2D eigenvalue weighted by Gasteiger charge is 2.21. The van der Waals surface area contributed by atoms with Crippen molar-refractivity contribution >= 4 is 19.8 Å². The number of ether oxygens (including phenoxy) is 2. The topological polar surface area (TPSA) is 111 Å². The first-order valence-corrected chi connectivity index (χ1v) is 22.5. The van der Waals surface area contributed by atoms with Crippen molar-refractivity contribution in [1.29, 1.82) is 0 Å². The van der Waals surface area contributed by atoms with Crippen LogP contribution in [0.1, 0.15) is 155 Å². The van der Waals surface area contributed by atoms with Crippen molar-refractivity contribution in [2.24, 2.45) is 0 Å². The third kappa shape index (κ3) is 39.4. The maximum absolute atomic E-state index is 12.6. The predicted molar refractivity (Wildman–Crippen MR) is 222 cm³/mol. The minimum absolute atomic E-state index is 0.0443. The summed E-state index contributed by atoms with van der Waals surface area (Å²) in [4.78, 5) is 37.4. The minimum Gasteiger partial charge on any atom is -0.756 e. The number of hydrogen-bond donors (Lipinski definition) is 0. The molecule has 0 aliphatic rings. The molecule has 1 unspecified atom stereocenters. The Labute approximate surface area is 330 Å². The number of phosphoric ester groups is 1. The van der Waals surface area contributed by atoms with Crippen LogP contribution in [0.2, 0.25) is 0 Å². The van der Waals surface area contributed by atoms with Crippen molar-refractivity contribution in [1.82, 2.24) is 0 Å². The average Bonchev–Trinajstić information content (AvgIpc) is 3.12. The van der Waals surface area contributed by atoms with Crippen LogP contribution in [0.3, 0.4) is 0 Å². The van der Waals surface area contributed by atoms with Gasteiger partial charge in [-0.25, -0.2) is 0 Å². The summed E-state index contributed by atoms with van der Waals surface area (Å²) in [5.74, 6) is -0.925. The Hall–Kier alpha value is -2.29. The first-order valence-electron chi connectivity index (χ1n) is 21.0. The van der Waals surface area contributed by atoms with E-state index >= 15 is 0 Å². The van der Waals surface area contributed by atoms with Crippen molar-refractivity contribution in [3.8, 4) is 0 Å². The van der Waals surface area contributed by atoms with Crippen LogP contribution < -0.4 is 4.89 Å². The third-order valence-electron chi connectivity index (χ3n) is 8.51. The number of esters is 2. The molecular formula is C44H78NO8P. The van der Waals surface area contributed by atoms with Gasteiger partial charge in [-0.3, -0.25) is 14.2 Å². The fourth-order valence-electron chi connectivity index (χ4n) is 5.17. The number of likely N-dealkylation sites (N-methyl/N-ethyl adjacent to an activating group) is 1. The van der Waals surface area contributed by atoms with E-state index in [9.17, 15) is 19.0 Å². The van der Waals surface area contributed by atoms with E-state index in [2.05, 4.69) is 68.5 Å². The molecule has 0 aromatic heterocycles. The van der Waals surface area contributed by atoms with Crippen LogP contribution in [0.4, 0.5) is 0 Å². The molecule has 0 amide bonds. The molecule has 0 N–H and O–H groups in total. The lowest BCUT2D eigenvalue weighted by Crippen LogP contribution is -2.37. The fraction of sp³-hybridized carbons (Fsp3) is 0.727. The summed E-state index contributed by atoms with van der Waals surface area (Å²) in [6.45, 7) is 4.09. The first kappa shape index (κ1) is 51.7. The molecular weight excluding hydrogens is 701 g/mol. The van der Waals surface area contributed by atoms with E-state index in [0.29, 0.717) is 23.9 Å². The van der Waals surface area contributed by atoms with Gasteiger partial charge in [0.2, 0.25) is 0 Å². The second-order valence-electron chi connectivity index (χ2n) is 15.0. The first-order chi connectivity index (χ1) is 26.0. The lowest BCUT2D eigenvalue weighted by molar-refractivity contribution is -0.870. The molecule has 0 radical (unpaired) electrons. The highest BCUT2D eigenvalue weighted by molar-refractivity contribution is 7.45. The Morgan fingerprint density at radius 3 is 1.59 bits per heavy atom. The molecule has 9 nitrogen and oxygen atoms in total. The minimum atomic E-state index is -4.64. The second kappa shape index (κ2) is 36.4. The highest BCUT2D eigenvalue weighted by Crippen LogP contribution is 2.38. The molecule has 10 heteroatoms. The number of nitrogens with zero attached hydrogens (tertiary/aromatic N) is 1. The van der Waals surface area contributed by atoms with Crippen molar-refractivity contribution in [2.75, 3.05) is 47.5 Å². The Morgan fingerprint density at radius 1 is 0.574 bits per heavy atom. The smallest absolute Gasteiger partial charge is 0.306 e. The van der Waals surface area contributed by atoms with E-state index in [0.717, 1.165) is 51.4 Å². The van der Waals surface area contributed by atoms with Gasteiger partial charge in [0, 0.05) is 12.8 Å². The van der Waals surface area contributed by atoms with Crippen molar-refractivity contribution in [3.63, 3.8) is 0 Å². The maximum atomic E-state index is 12.6. The monoisotopic (exact) mass is 780 g/mol. The zero-order valence-electron chi connectivity index (χ0n) is 34.9. The molecule has 0 saturated carbocycles. The van der Waals surface area contributed by atoms with E-state index in [4.69, 9.17) is 18.5 Å². The summed E-state index contributed by atoms with van der Waals surface area (Å²) >= 11 is 0. The molecule has 0 spiro atoms. The van der Waals surface area contributed by atoms with Crippen LogP contribution in [0, 0.1) is 0 Å². The van der Waals surface area contributed by atoms with Gasteiger partial charge in [-0.15, -0.1) is 0 Å². The Bertz CT molecular complexity index is 1110. The number of rotatable bonds is 37. The Morgan fingerprint density at radius 2 is 1.02 bits per heavy atom. The highest BCUT2D eigenvalue weighted by atomic mass is 31.2. The van der Waals surface area contributed by atoms with Gasteiger partial charge in [0.15, 0.2) is 6.10 Å². The van der Waals surface area contributed by atoms with E-state index in [1.54, 1.807) is 0 Å². The largest absolute Gasteiger partial charge is 0.756 e. The van der Waals surface area contributed by atoms with Gasteiger partial charge in [-0.2, -0.15) is 0 Å². The molecule has 0 aromatic rings. The molecule has 312 valence electrons. The van der Waals surface area contributed by atoms with Gasteiger partial charge >= 0.3 is 11.9 Å². The van der Waals surface area contributed by atoms with Crippen LogP contribution in [0.5, 0.6) is 0 Å². The summed E-state index contributed by atoms with van der Waals surface area (Å²) in [6, 6.07) is 0. The summed E-state index contributed by atoms with van der Waals surface area (Å²) in [7, 11) is 1.12. The fourth-order valence-corrected chi connectivity index (χ4v) is 5.90. The molecule has 0 saturated heterocycles. The predicted octanol–water partition coefficient (Wildman–Crippen LogP) is 11.1. The van der Waals surface area contributed by atoms with E-state index in [-0.39, 0.29) is 26.1 Å². The Balaban J connectivity index is 4.52. The van der Waals surface area contributed by atoms with Gasteiger partial charge in [0.05, 0.1) is 27.7 Å². The number of allylic oxidation sites excluding steroid dienone is 10. The van der Waals surface area contributed by atoms with E-state index in [1.165, 1.54) is 64.2 Å². The van der Waals surface area contributed by atoms with Crippen LogP contribution >= 0.6 is 7.82 Å². The summed E-state index contributed by atoms with van der Waals surface area (Å²) < 4.78 is 33.7. The van der Waals surface area contributed by atoms with Gasteiger partial charge in [0.25, 0.3) is 7.82 Å². The zero-order chi connectivity index (χ0) is 40.0. The van der Waals surface area contributed by atoms with Crippen molar-refractivity contribution < 1.29 is 42.1 Å². The second-order valence-corrected chi connectivity index (χ2v) is 16.4. The van der Waals surface area contributed by atoms with Crippen LogP contribution in [-0.4, -0.2) is 70.0 Å². The molecule has 0 heterocycles. The lowest BCUT2D eigenvalue weighted by atomic mass is 10.1. The van der Waals surface area contributed by atoms with Gasteiger partial charge in [0.1, 0.15) is 19.8 Å². The average molecular weight is 780 g/mol. The number of quaternary nitrogens is 1.